The van der Waals surface area contributed by atoms with Crippen LogP contribution in [0.5, 0.6) is 0 Å². The summed E-state index contributed by atoms with van der Waals surface area (Å²) >= 11 is 6.08. The lowest BCUT2D eigenvalue weighted by molar-refractivity contribution is 0.534. The quantitative estimate of drug-likeness (QED) is 0.876. The van der Waals surface area contributed by atoms with E-state index in [4.69, 9.17) is 11.6 Å². The minimum absolute atomic E-state index is 0.631. The van der Waals surface area contributed by atoms with Crippen molar-refractivity contribution >= 4 is 22.5 Å². The van der Waals surface area contributed by atoms with E-state index >= 15 is 0 Å². The summed E-state index contributed by atoms with van der Waals surface area (Å²) in [5.41, 5.74) is 2.57. The van der Waals surface area contributed by atoms with Crippen molar-refractivity contribution in [2.75, 3.05) is 7.05 Å². The van der Waals surface area contributed by atoms with E-state index in [0.717, 1.165) is 18.1 Å². The number of nitrogens with one attached hydrogen (secondary N) is 1. The smallest absolute Gasteiger partial charge is 0.0498 e. The molecule has 3 heteroatoms. The summed E-state index contributed by atoms with van der Waals surface area (Å²) in [5.74, 6) is 0.631. The Balaban J connectivity index is 2.54. The predicted octanol–water partition coefficient (Wildman–Crippen LogP) is 3.67. The molecule has 0 saturated heterocycles. The molecule has 0 fully saturated rings. The second-order valence-corrected chi connectivity index (χ2v) is 5.33. The Morgan fingerprint density at radius 1 is 1.35 bits per heavy atom. The largest absolute Gasteiger partial charge is 0.347 e. The maximum atomic E-state index is 6.08. The number of hydrogen-bond donors (Lipinski definition) is 1. The van der Waals surface area contributed by atoms with Gasteiger partial charge in [0, 0.05) is 35.2 Å². The van der Waals surface area contributed by atoms with E-state index in [-0.39, 0.29) is 0 Å². The van der Waals surface area contributed by atoms with E-state index in [1.165, 1.54) is 16.5 Å². The van der Waals surface area contributed by atoms with Crippen LogP contribution in [0.3, 0.4) is 0 Å². The maximum absolute atomic E-state index is 6.08. The van der Waals surface area contributed by atoms with Crippen LogP contribution < -0.4 is 5.32 Å². The first kappa shape index (κ1) is 12.5. The minimum Gasteiger partial charge on any atom is -0.347 e. The van der Waals surface area contributed by atoms with Gasteiger partial charge in [-0.1, -0.05) is 31.5 Å². The van der Waals surface area contributed by atoms with Crippen molar-refractivity contribution in [3.8, 4) is 0 Å². The van der Waals surface area contributed by atoms with E-state index in [1.807, 2.05) is 13.1 Å². The summed E-state index contributed by atoms with van der Waals surface area (Å²) in [4.78, 5) is 0. The molecule has 0 atom stereocenters. The van der Waals surface area contributed by atoms with Crippen LogP contribution in [0.15, 0.2) is 24.4 Å². The number of halogens is 1. The summed E-state index contributed by atoms with van der Waals surface area (Å²) < 4.78 is 2.30. The minimum atomic E-state index is 0.631. The molecule has 2 rings (SSSR count). The normalized spacial score (nSPS) is 11.6. The second kappa shape index (κ2) is 5.11. The molecule has 0 bridgehead atoms. The van der Waals surface area contributed by atoms with E-state index in [1.54, 1.807) is 0 Å². The zero-order valence-electron chi connectivity index (χ0n) is 10.6. The molecule has 2 nitrogen and oxygen atoms in total. The molecule has 1 heterocycles. The zero-order chi connectivity index (χ0) is 12.4. The number of rotatable bonds is 4. The molecule has 0 aliphatic carbocycles. The first-order valence-corrected chi connectivity index (χ1v) is 6.41. The van der Waals surface area contributed by atoms with Crippen molar-refractivity contribution in [2.24, 2.45) is 5.92 Å². The highest BCUT2D eigenvalue weighted by Gasteiger charge is 2.09. The van der Waals surface area contributed by atoms with Crippen molar-refractivity contribution in [3.63, 3.8) is 0 Å². The van der Waals surface area contributed by atoms with Crippen LogP contribution in [0.2, 0.25) is 5.02 Å². The summed E-state index contributed by atoms with van der Waals surface area (Å²) in [6.07, 6.45) is 2.23. The van der Waals surface area contributed by atoms with Crippen molar-refractivity contribution in [2.45, 2.75) is 26.9 Å². The first-order chi connectivity index (χ1) is 8.11. The number of nitrogens with zero attached hydrogens (tertiary/aromatic N) is 1. The Morgan fingerprint density at radius 3 is 2.76 bits per heavy atom. The molecule has 0 unspecified atom stereocenters. The molecule has 0 radical (unpaired) electrons. The highest BCUT2D eigenvalue weighted by Crippen LogP contribution is 2.25. The van der Waals surface area contributed by atoms with Gasteiger partial charge in [0.05, 0.1) is 0 Å². The van der Waals surface area contributed by atoms with Gasteiger partial charge in [-0.05, 0) is 30.7 Å². The topological polar surface area (TPSA) is 17.0 Å². The molecule has 0 aliphatic rings. The standard InChI is InChI=1S/C14H19ClN2/c1-10(2)8-17-9-11(7-16-3)13-5-4-12(15)6-14(13)17/h4-6,9-10,16H,7-8H2,1-3H3. The number of fused-ring (bicyclic) bond motifs is 1. The van der Waals surface area contributed by atoms with Crippen LogP contribution in [0.1, 0.15) is 19.4 Å². The summed E-state index contributed by atoms with van der Waals surface area (Å²) in [5, 5.41) is 5.31. The third kappa shape index (κ3) is 2.64. The predicted molar refractivity (Wildman–Crippen MR) is 74.5 cm³/mol. The number of hydrogen-bond acceptors (Lipinski definition) is 1. The van der Waals surface area contributed by atoms with E-state index in [9.17, 15) is 0 Å². The van der Waals surface area contributed by atoms with Gasteiger partial charge in [-0.15, -0.1) is 0 Å². The van der Waals surface area contributed by atoms with Crippen molar-refractivity contribution in [3.05, 3.63) is 35.0 Å². The third-order valence-corrected chi connectivity index (χ3v) is 3.09. The van der Waals surface area contributed by atoms with Crippen molar-refractivity contribution in [1.82, 2.24) is 9.88 Å². The summed E-state index contributed by atoms with van der Waals surface area (Å²) in [6.45, 7) is 6.38. The van der Waals surface area contributed by atoms with Crippen molar-refractivity contribution < 1.29 is 0 Å². The fourth-order valence-electron chi connectivity index (χ4n) is 2.22. The average Bonchev–Trinajstić information content (AvgIpc) is 2.56. The first-order valence-electron chi connectivity index (χ1n) is 6.03. The van der Waals surface area contributed by atoms with Crippen molar-refractivity contribution in [1.29, 1.82) is 0 Å². The average molecular weight is 251 g/mol. The molecule has 2 aromatic rings. The zero-order valence-corrected chi connectivity index (χ0v) is 11.4. The molecule has 0 amide bonds. The molecule has 1 aromatic heterocycles. The Bertz CT molecular complexity index is 514. The molecule has 92 valence electrons. The fraction of sp³-hybridized carbons (Fsp3) is 0.429. The maximum Gasteiger partial charge on any atom is 0.0498 e. The van der Waals surface area contributed by atoms with Gasteiger partial charge in [0.25, 0.3) is 0 Å². The van der Waals surface area contributed by atoms with Crippen LogP contribution in [0.4, 0.5) is 0 Å². The molecule has 1 aromatic carbocycles. The lowest BCUT2D eigenvalue weighted by Gasteiger charge is -2.08. The van der Waals surface area contributed by atoms with Gasteiger partial charge < -0.3 is 9.88 Å². The second-order valence-electron chi connectivity index (χ2n) is 4.89. The van der Waals surface area contributed by atoms with Gasteiger partial charge in [0.1, 0.15) is 0 Å². The van der Waals surface area contributed by atoms with Crippen LogP contribution in [0.25, 0.3) is 10.9 Å². The lowest BCUT2D eigenvalue weighted by atomic mass is 10.2. The molecule has 1 N–H and O–H groups in total. The Labute approximate surface area is 108 Å². The van der Waals surface area contributed by atoms with Crippen LogP contribution in [-0.2, 0) is 13.1 Å². The monoisotopic (exact) mass is 250 g/mol. The van der Waals surface area contributed by atoms with Gasteiger partial charge >= 0.3 is 0 Å². The van der Waals surface area contributed by atoms with E-state index in [0.29, 0.717) is 5.92 Å². The summed E-state index contributed by atoms with van der Waals surface area (Å²) in [7, 11) is 1.97. The highest BCUT2D eigenvalue weighted by atomic mass is 35.5. The third-order valence-electron chi connectivity index (χ3n) is 2.86. The molecule has 0 aliphatic heterocycles. The van der Waals surface area contributed by atoms with Gasteiger partial charge in [0.2, 0.25) is 0 Å². The molecule has 0 saturated carbocycles. The van der Waals surface area contributed by atoms with Gasteiger partial charge in [-0.25, -0.2) is 0 Å². The highest BCUT2D eigenvalue weighted by molar-refractivity contribution is 6.31. The van der Waals surface area contributed by atoms with Gasteiger partial charge in [0.15, 0.2) is 0 Å². The number of aromatic nitrogens is 1. The van der Waals surface area contributed by atoms with E-state index < -0.39 is 0 Å². The van der Waals surface area contributed by atoms with Crippen LogP contribution in [-0.4, -0.2) is 11.6 Å². The Hall–Kier alpha value is -0.990. The van der Waals surface area contributed by atoms with Gasteiger partial charge in [-0.2, -0.15) is 0 Å². The summed E-state index contributed by atoms with van der Waals surface area (Å²) in [6, 6.07) is 6.13. The van der Waals surface area contributed by atoms with Crippen LogP contribution in [0, 0.1) is 5.92 Å². The van der Waals surface area contributed by atoms with E-state index in [2.05, 4.69) is 42.1 Å². The van der Waals surface area contributed by atoms with Gasteiger partial charge in [-0.3, -0.25) is 0 Å². The Kier molecular flexibility index (Phi) is 3.75. The SMILES string of the molecule is CNCc1cn(CC(C)C)c2cc(Cl)ccc12. The molecular weight excluding hydrogens is 232 g/mol. The molecular formula is C14H19ClN2. The Morgan fingerprint density at radius 2 is 2.12 bits per heavy atom. The lowest BCUT2D eigenvalue weighted by Crippen LogP contribution is -2.05. The van der Waals surface area contributed by atoms with Crippen LogP contribution >= 0.6 is 11.6 Å². The number of benzene rings is 1. The molecule has 17 heavy (non-hydrogen) atoms. The molecule has 0 spiro atoms. The fourth-order valence-corrected chi connectivity index (χ4v) is 2.38.